The van der Waals surface area contributed by atoms with Gasteiger partial charge in [-0.15, -0.1) is 0 Å². The molecule has 0 amide bonds. The number of aryl methyl sites for hydroxylation is 1. The molecule has 0 aliphatic carbocycles. The number of sulfonamides is 1. The number of rotatable bonds is 6. The maximum absolute atomic E-state index is 12.9. The molecule has 1 heterocycles. The zero-order valence-corrected chi connectivity index (χ0v) is 14.6. The van der Waals surface area contributed by atoms with Crippen LogP contribution in [0.1, 0.15) is 30.9 Å². The van der Waals surface area contributed by atoms with E-state index in [9.17, 15) is 13.2 Å². The smallest absolute Gasteiger partial charge is 0.324 e. The highest BCUT2D eigenvalue weighted by Crippen LogP contribution is 2.24. The minimum Gasteiger partial charge on any atom is -0.480 e. The van der Waals surface area contributed by atoms with Gasteiger partial charge in [0.05, 0.1) is 5.69 Å². The van der Waals surface area contributed by atoms with Gasteiger partial charge in [0.2, 0.25) is 0 Å². The van der Waals surface area contributed by atoms with E-state index in [2.05, 4.69) is 4.98 Å². The number of hydrogen-bond acceptors (Lipinski definition) is 4. The lowest BCUT2D eigenvalue weighted by Gasteiger charge is -2.22. The molecule has 0 aliphatic heterocycles. The molecule has 0 saturated carbocycles. The lowest BCUT2D eigenvalue weighted by Crippen LogP contribution is -2.36. The largest absolute Gasteiger partial charge is 0.480 e. The molecule has 24 heavy (non-hydrogen) atoms. The molecule has 0 aliphatic rings. The monoisotopic (exact) mass is 348 g/mol. The van der Waals surface area contributed by atoms with E-state index in [0.717, 1.165) is 15.4 Å². The number of aliphatic carboxylic acids is 1. The lowest BCUT2D eigenvalue weighted by atomic mass is 10.1. The second-order valence-corrected chi connectivity index (χ2v) is 7.64. The van der Waals surface area contributed by atoms with Gasteiger partial charge in [-0.1, -0.05) is 32.0 Å². The third kappa shape index (κ3) is 3.91. The Balaban J connectivity index is 2.49. The number of anilines is 1. The van der Waals surface area contributed by atoms with Crippen molar-refractivity contribution in [2.24, 2.45) is 0 Å². The fourth-order valence-electron chi connectivity index (χ4n) is 2.22. The molecule has 0 unspecified atom stereocenters. The van der Waals surface area contributed by atoms with E-state index in [0.29, 0.717) is 5.69 Å². The average molecular weight is 348 g/mol. The van der Waals surface area contributed by atoms with Crippen LogP contribution in [0.3, 0.4) is 0 Å². The zero-order valence-electron chi connectivity index (χ0n) is 13.8. The topological polar surface area (TPSA) is 87.6 Å². The van der Waals surface area contributed by atoms with Crippen molar-refractivity contribution in [1.29, 1.82) is 0 Å². The molecular formula is C17H20N2O4S. The Labute approximate surface area is 141 Å². The van der Waals surface area contributed by atoms with Crippen LogP contribution in [0.15, 0.2) is 47.6 Å². The van der Waals surface area contributed by atoms with Crippen LogP contribution in [-0.2, 0) is 14.8 Å². The summed E-state index contributed by atoms with van der Waals surface area (Å²) in [5.74, 6) is -1.01. The van der Waals surface area contributed by atoms with Crippen molar-refractivity contribution in [3.8, 4) is 0 Å². The number of benzene rings is 1. The first-order valence-electron chi connectivity index (χ1n) is 7.49. The first-order valence-corrected chi connectivity index (χ1v) is 8.93. The van der Waals surface area contributed by atoms with Gasteiger partial charge in [-0.3, -0.25) is 9.10 Å². The van der Waals surface area contributed by atoms with Gasteiger partial charge in [-0.2, -0.15) is 8.42 Å². The molecule has 0 bridgehead atoms. The zero-order chi connectivity index (χ0) is 17.9. The van der Waals surface area contributed by atoms with Crippen LogP contribution >= 0.6 is 0 Å². The van der Waals surface area contributed by atoms with Gasteiger partial charge < -0.3 is 5.11 Å². The van der Waals surface area contributed by atoms with E-state index in [1.807, 2.05) is 26.8 Å². The summed E-state index contributed by atoms with van der Waals surface area (Å²) in [6.07, 6.45) is 1.51. The Bertz CT molecular complexity index is 830. The highest BCUT2D eigenvalue weighted by atomic mass is 32.2. The number of hydrogen-bond donors (Lipinski definition) is 1. The van der Waals surface area contributed by atoms with E-state index in [1.54, 1.807) is 24.3 Å². The second-order valence-electron chi connectivity index (χ2n) is 5.83. The summed E-state index contributed by atoms with van der Waals surface area (Å²) in [6.45, 7) is 5.10. The third-order valence-electron chi connectivity index (χ3n) is 3.55. The van der Waals surface area contributed by atoms with E-state index >= 15 is 0 Å². The van der Waals surface area contributed by atoms with Crippen LogP contribution in [0.4, 0.5) is 5.69 Å². The number of carboxylic acids is 1. The molecule has 6 nitrogen and oxygen atoms in total. The summed E-state index contributed by atoms with van der Waals surface area (Å²) < 4.78 is 26.6. The van der Waals surface area contributed by atoms with Gasteiger partial charge in [-0.05, 0) is 42.2 Å². The summed E-state index contributed by atoms with van der Waals surface area (Å²) in [5, 5.41) is 8.94. The standard InChI is InChI=1S/C17H20N2O4S/c1-12(2)14-7-8-16(18-10-14)24(22,23)19(11-17(20)21)15-6-4-5-13(3)9-15/h4-10,12H,11H2,1-3H3,(H,20,21). The lowest BCUT2D eigenvalue weighted by molar-refractivity contribution is -0.135. The summed E-state index contributed by atoms with van der Waals surface area (Å²) in [6, 6.07) is 9.79. The molecular weight excluding hydrogens is 328 g/mol. The van der Waals surface area contributed by atoms with Gasteiger partial charge in [0.25, 0.3) is 10.0 Å². The number of nitrogens with zero attached hydrogens (tertiary/aromatic N) is 2. The summed E-state index contributed by atoms with van der Waals surface area (Å²) >= 11 is 0. The second kappa shape index (κ2) is 7.00. The van der Waals surface area contributed by atoms with E-state index in [1.165, 1.54) is 12.3 Å². The third-order valence-corrected chi connectivity index (χ3v) is 5.24. The molecule has 0 fully saturated rings. The Morgan fingerprint density at radius 3 is 2.46 bits per heavy atom. The molecule has 1 N–H and O–H groups in total. The first-order chi connectivity index (χ1) is 11.2. The van der Waals surface area contributed by atoms with Crippen LogP contribution in [0.2, 0.25) is 0 Å². The predicted molar refractivity (Wildman–Crippen MR) is 91.7 cm³/mol. The fraction of sp³-hybridized carbons (Fsp3) is 0.294. The van der Waals surface area contributed by atoms with Crippen molar-refractivity contribution in [2.75, 3.05) is 10.8 Å². The molecule has 0 saturated heterocycles. The van der Waals surface area contributed by atoms with Gasteiger partial charge in [0.15, 0.2) is 5.03 Å². The van der Waals surface area contributed by atoms with E-state index in [4.69, 9.17) is 5.11 Å². The molecule has 0 radical (unpaired) electrons. The molecule has 0 atom stereocenters. The van der Waals surface area contributed by atoms with Gasteiger partial charge >= 0.3 is 5.97 Å². The summed E-state index contributed by atoms with van der Waals surface area (Å²) in [5.41, 5.74) is 2.04. The number of carboxylic acid groups (broad SMARTS) is 1. The Morgan fingerprint density at radius 2 is 1.96 bits per heavy atom. The minimum absolute atomic E-state index is 0.172. The quantitative estimate of drug-likeness (QED) is 0.867. The van der Waals surface area contributed by atoms with Gasteiger partial charge in [0, 0.05) is 6.20 Å². The van der Waals surface area contributed by atoms with Crippen molar-refractivity contribution in [1.82, 2.24) is 4.98 Å². The molecule has 2 aromatic rings. The summed E-state index contributed by atoms with van der Waals surface area (Å²) in [7, 11) is -4.07. The van der Waals surface area contributed by atoms with Crippen LogP contribution < -0.4 is 4.31 Å². The Hall–Kier alpha value is -2.41. The molecule has 1 aromatic heterocycles. The van der Waals surface area contributed by atoms with Gasteiger partial charge in [0.1, 0.15) is 6.54 Å². The summed E-state index contributed by atoms with van der Waals surface area (Å²) in [4.78, 5) is 15.2. The van der Waals surface area contributed by atoms with Crippen LogP contribution in [0.5, 0.6) is 0 Å². The van der Waals surface area contributed by atoms with Crippen LogP contribution in [0, 0.1) is 6.92 Å². The number of carbonyl (C=O) groups is 1. The Kier molecular flexibility index (Phi) is 5.23. The molecule has 128 valence electrons. The van der Waals surface area contributed by atoms with E-state index in [-0.39, 0.29) is 10.9 Å². The maximum Gasteiger partial charge on any atom is 0.324 e. The van der Waals surface area contributed by atoms with Crippen molar-refractivity contribution in [2.45, 2.75) is 31.7 Å². The van der Waals surface area contributed by atoms with Gasteiger partial charge in [-0.25, -0.2) is 4.98 Å². The number of pyridine rings is 1. The molecule has 7 heteroatoms. The minimum atomic E-state index is -4.07. The highest BCUT2D eigenvalue weighted by Gasteiger charge is 2.28. The maximum atomic E-state index is 12.9. The molecule has 0 spiro atoms. The molecule has 2 rings (SSSR count). The Morgan fingerprint density at radius 1 is 1.25 bits per heavy atom. The van der Waals surface area contributed by atoms with Crippen LogP contribution in [-0.4, -0.2) is 31.0 Å². The van der Waals surface area contributed by atoms with Crippen molar-refractivity contribution in [3.63, 3.8) is 0 Å². The number of aromatic nitrogens is 1. The first kappa shape index (κ1) is 17.9. The molecule has 1 aromatic carbocycles. The normalized spacial score (nSPS) is 11.5. The van der Waals surface area contributed by atoms with Crippen molar-refractivity contribution in [3.05, 3.63) is 53.7 Å². The van der Waals surface area contributed by atoms with E-state index < -0.39 is 22.5 Å². The van der Waals surface area contributed by atoms with Crippen molar-refractivity contribution < 1.29 is 18.3 Å². The highest BCUT2D eigenvalue weighted by molar-refractivity contribution is 7.92. The fourth-order valence-corrected chi connectivity index (χ4v) is 3.54. The van der Waals surface area contributed by atoms with Crippen molar-refractivity contribution >= 4 is 21.7 Å². The average Bonchev–Trinajstić information content (AvgIpc) is 2.52. The predicted octanol–water partition coefficient (Wildman–Crippen LogP) is 2.79. The SMILES string of the molecule is Cc1cccc(N(CC(=O)O)S(=O)(=O)c2ccc(C(C)C)cn2)c1. The van der Waals surface area contributed by atoms with Crippen LogP contribution in [0.25, 0.3) is 0 Å².